The molecule has 0 heterocycles. The Morgan fingerprint density at radius 2 is 1.33 bits per heavy atom. The first-order chi connectivity index (χ1) is 8.76. The molecule has 2 heteroatoms. The molecule has 0 bridgehead atoms. The van der Waals surface area contributed by atoms with E-state index in [1.165, 1.54) is 44.9 Å². The molecule has 108 valence electrons. The predicted octanol–water partition coefficient (Wildman–Crippen LogP) is 4.49. The molecule has 0 saturated heterocycles. The zero-order chi connectivity index (χ0) is 13.6. The maximum Gasteiger partial charge on any atom is 0.125 e. The summed E-state index contributed by atoms with van der Waals surface area (Å²) in [5.41, 5.74) is 0. The Bertz CT molecular complexity index is 180. The van der Waals surface area contributed by atoms with Gasteiger partial charge in [0.1, 0.15) is 6.29 Å². The summed E-state index contributed by atoms with van der Waals surface area (Å²) < 4.78 is 0. The van der Waals surface area contributed by atoms with E-state index in [0.717, 1.165) is 32.0 Å². The molecule has 0 aliphatic carbocycles. The van der Waals surface area contributed by atoms with E-state index in [-0.39, 0.29) is 5.92 Å². The van der Waals surface area contributed by atoms with E-state index < -0.39 is 6.10 Å². The van der Waals surface area contributed by atoms with Gasteiger partial charge in [-0.25, -0.2) is 0 Å². The molecule has 0 spiro atoms. The van der Waals surface area contributed by atoms with E-state index in [1.54, 1.807) is 0 Å². The Kier molecular flexibility index (Phi) is 12.8. The topological polar surface area (TPSA) is 37.3 Å². The van der Waals surface area contributed by atoms with E-state index >= 15 is 0 Å². The maximum atomic E-state index is 11.0. The van der Waals surface area contributed by atoms with Gasteiger partial charge in [-0.3, -0.25) is 0 Å². The van der Waals surface area contributed by atoms with Gasteiger partial charge in [0, 0.05) is 5.92 Å². The van der Waals surface area contributed by atoms with Gasteiger partial charge in [0.05, 0.1) is 6.10 Å². The molecule has 1 N–H and O–H groups in total. The van der Waals surface area contributed by atoms with Gasteiger partial charge in [0.15, 0.2) is 0 Å². The molecule has 0 radical (unpaired) electrons. The molecule has 0 saturated carbocycles. The molecule has 18 heavy (non-hydrogen) atoms. The van der Waals surface area contributed by atoms with E-state index in [4.69, 9.17) is 0 Å². The second-order valence-electron chi connectivity index (χ2n) is 5.42. The van der Waals surface area contributed by atoms with Crippen LogP contribution in [-0.4, -0.2) is 17.5 Å². The van der Waals surface area contributed by atoms with Crippen molar-refractivity contribution in [3.63, 3.8) is 0 Å². The van der Waals surface area contributed by atoms with Gasteiger partial charge >= 0.3 is 0 Å². The first-order valence-electron chi connectivity index (χ1n) is 7.89. The molecule has 0 rings (SSSR count). The first-order valence-corrected chi connectivity index (χ1v) is 7.89. The third-order valence-corrected chi connectivity index (χ3v) is 3.66. The fourth-order valence-corrected chi connectivity index (χ4v) is 2.33. The van der Waals surface area contributed by atoms with Crippen molar-refractivity contribution in [3.05, 3.63) is 0 Å². The van der Waals surface area contributed by atoms with E-state index in [9.17, 15) is 9.90 Å². The standard InChI is InChI=1S/C16H32O2/c1-3-5-7-9-11-13-16(18)15(14-17)12-10-8-6-4-2/h14-16,18H,3-13H2,1-2H3. The van der Waals surface area contributed by atoms with Crippen LogP contribution in [0.4, 0.5) is 0 Å². The van der Waals surface area contributed by atoms with E-state index in [2.05, 4.69) is 13.8 Å². The van der Waals surface area contributed by atoms with Crippen LogP contribution in [0.25, 0.3) is 0 Å². The van der Waals surface area contributed by atoms with Crippen molar-refractivity contribution in [1.82, 2.24) is 0 Å². The quantitative estimate of drug-likeness (QED) is 0.389. The van der Waals surface area contributed by atoms with Gasteiger partial charge in [-0.1, -0.05) is 71.6 Å². The van der Waals surface area contributed by atoms with Crippen LogP contribution >= 0.6 is 0 Å². The summed E-state index contributed by atoms with van der Waals surface area (Å²) in [4.78, 5) is 11.0. The van der Waals surface area contributed by atoms with Crippen LogP contribution < -0.4 is 0 Å². The molecule has 0 aliphatic heterocycles. The van der Waals surface area contributed by atoms with Crippen LogP contribution in [0.2, 0.25) is 0 Å². The Balaban J connectivity index is 3.61. The van der Waals surface area contributed by atoms with Crippen LogP contribution in [0, 0.1) is 5.92 Å². The summed E-state index contributed by atoms with van der Waals surface area (Å²) in [7, 11) is 0. The number of rotatable bonds is 13. The lowest BCUT2D eigenvalue weighted by Gasteiger charge is -2.17. The minimum Gasteiger partial charge on any atom is -0.392 e. The van der Waals surface area contributed by atoms with Gasteiger partial charge < -0.3 is 9.90 Å². The van der Waals surface area contributed by atoms with Gasteiger partial charge in [-0.2, -0.15) is 0 Å². The van der Waals surface area contributed by atoms with Crippen LogP contribution in [0.15, 0.2) is 0 Å². The summed E-state index contributed by atoms with van der Waals surface area (Å²) >= 11 is 0. The Morgan fingerprint density at radius 1 is 0.833 bits per heavy atom. The first kappa shape index (κ1) is 17.6. The van der Waals surface area contributed by atoms with Gasteiger partial charge in [0.25, 0.3) is 0 Å². The average Bonchev–Trinajstić information content (AvgIpc) is 2.38. The molecule has 0 aliphatic rings. The SMILES string of the molecule is CCCCCCCC(O)C(C=O)CCCCCC. The molecule has 0 aromatic carbocycles. The fraction of sp³-hybridized carbons (Fsp3) is 0.938. The summed E-state index contributed by atoms with van der Waals surface area (Å²) in [6, 6.07) is 0. The Labute approximate surface area is 113 Å². The third-order valence-electron chi connectivity index (χ3n) is 3.66. The number of aliphatic hydroxyl groups excluding tert-OH is 1. The average molecular weight is 256 g/mol. The van der Waals surface area contributed by atoms with Gasteiger partial charge in [-0.15, -0.1) is 0 Å². The molecule has 0 aromatic rings. The highest BCUT2D eigenvalue weighted by atomic mass is 16.3. The Morgan fingerprint density at radius 3 is 1.89 bits per heavy atom. The highest BCUT2D eigenvalue weighted by molar-refractivity contribution is 5.54. The highest BCUT2D eigenvalue weighted by Crippen LogP contribution is 2.17. The predicted molar refractivity (Wildman–Crippen MR) is 77.7 cm³/mol. The number of aliphatic hydroxyl groups is 1. The van der Waals surface area contributed by atoms with Crippen molar-refractivity contribution >= 4 is 6.29 Å². The molecular weight excluding hydrogens is 224 g/mol. The van der Waals surface area contributed by atoms with Crippen LogP contribution in [0.1, 0.15) is 84.5 Å². The molecule has 0 fully saturated rings. The molecule has 0 aromatic heterocycles. The largest absolute Gasteiger partial charge is 0.392 e. The molecular formula is C16H32O2. The fourth-order valence-electron chi connectivity index (χ4n) is 2.33. The zero-order valence-corrected chi connectivity index (χ0v) is 12.4. The van der Waals surface area contributed by atoms with E-state index in [1.807, 2.05) is 0 Å². The minimum absolute atomic E-state index is 0.131. The lowest BCUT2D eigenvalue weighted by atomic mass is 9.93. The smallest absolute Gasteiger partial charge is 0.125 e. The molecule has 2 unspecified atom stereocenters. The monoisotopic (exact) mass is 256 g/mol. The number of carbonyl (C=O) groups excluding carboxylic acids is 1. The Hall–Kier alpha value is -0.370. The van der Waals surface area contributed by atoms with Crippen LogP contribution in [0.5, 0.6) is 0 Å². The lowest BCUT2D eigenvalue weighted by molar-refractivity contribution is -0.114. The van der Waals surface area contributed by atoms with Crippen molar-refractivity contribution in [2.75, 3.05) is 0 Å². The van der Waals surface area contributed by atoms with Crippen molar-refractivity contribution in [1.29, 1.82) is 0 Å². The lowest BCUT2D eigenvalue weighted by Crippen LogP contribution is -2.21. The van der Waals surface area contributed by atoms with Gasteiger partial charge in [-0.05, 0) is 12.8 Å². The van der Waals surface area contributed by atoms with E-state index in [0.29, 0.717) is 0 Å². The summed E-state index contributed by atoms with van der Waals surface area (Å²) in [6.07, 6.45) is 12.9. The maximum absolute atomic E-state index is 11.0. The summed E-state index contributed by atoms with van der Waals surface area (Å²) in [6.45, 7) is 4.38. The van der Waals surface area contributed by atoms with Crippen molar-refractivity contribution < 1.29 is 9.90 Å². The molecule has 2 atom stereocenters. The van der Waals surface area contributed by atoms with Crippen molar-refractivity contribution in [3.8, 4) is 0 Å². The molecule has 0 amide bonds. The number of unbranched alkanes of at least 4 members (excludes halogenated alkanes) is 7. The summed E-state index contributed by atoms with van der Waals surface area (Å²) in [5.74, 6) is -0.131. The number of hydrogen-bond donors (Lipinski definition) is 1. The highest BCUT2D eigenvalue weighted by Gasteiger charge is 2.17. The van der Waals surface area contributed by atoms with Gasteiger partial charge in [0.2, 0.25) is 0 Å². The third kappa shape index (κ3) is 9.64. The molecule has 2 nitrogen and oxygen atoms in total. The normalized spacial score (nSPS) is 14.4. The number of aldehydes is 1. The van der Waals surface area contributed by atoms with Crippen LogP contribution in [-0.2, 0) is 4.79 Å². The van der Waals surface area contributed by atoms with Crippen LogP contribution in [0.3, 0.4) is 0 Å². The second kappa shape index (κ2) is 13.1. The number of hydrogen-bond acceptors (Lipinski definition) is 2. The minimum atomic E-state index is -0.411. The van der Waals surface area contributed by atoms with Crippen molar-refractivity contribution in [2.45, 2.75) is 90.6 Å². The summed E-state index contributed by atoms with van der Waals surface area (Å²) in [5, 5.41) is 9.99. The van der Waals surface area contributed by atoms with Crippen molar-refractivity contribution in [2.24, 2.45) is 5.92 Å². The zero-order valence-electron chi connectivity index (χ0n) is 12.4. The number of carbonyl (C=O) groups is 1. The second-order valence-corrected chi connectivity index (χ2v) is 5.42.